The molecule has 1 fully saturated rings. The van der Waals surface area contributed by atoms with Crippen LogP contribution in [0.5, 0.6) is 0 Å². The third-order valence-electron chi connectivity index (χ3n) is 5.20. The topological polar surface area (TPSA) is 78.7 Å². The minimum Gasteiger partial charge on any atom is -0.399 e. The Kier molecular flexibility index (Phi) is 5.27. The summed E-state index contributed by atoms with van der Waals surface area (Å²) in [6.07, 6.45) is 3.31. The van der Waals surface area contributed by atoms with Crippen LogP contribution >= 0.6 is 0 Å². The third kappa shape index (κ3) is 4.12. The highest BCUT2D eigenvalue weighted by atomic mass is 16.2. The molecule has 0 radical (unpaired) electrons. The summed E-state index contributed by atoms with van der Waals surface area (Å²) in [6, 6.07) is 5.96. The molecule has 6 heteroatoms. The molecule has 2 amide bonds. The van der Waals surface area contributed by atoms with Crippen molar-refractivity contribution in [3.63, 3.8) is 0 Å². The van der Waals surface area contributed by atoms with Gasteiger partial charge in [-0.25, -0.2) is 0 Å². The Morgan fingerprint density at radius 2 is 2.20 bits per heavy atom. The van der Waals surface area contributed by atoms with Crippen LogP contribution in [-0.2, 0) is 16.0 Å². The molecule has 2 atom stereocenters. The molecule has 2 unspecified atom stereocenters. The molecule has 3 rings (SSSR count). The number of likely N-dealkylation sites (N-methyl/N-ethyl adjacent to an activating group) is 1. The number of likely N-dealkylation sites (tertiary alicyclic amines) is 1. The van der Waals surface area contributed by atoms with Crippen LogP contribution < -0.4 is 11.1 Å². The van der Waals surface area contributed by atoms with E-state index in [1.807, 2.05) is 37.2 Å². The first-order chi connectivity index (χ1) is 11.9. The largest absolute Gasteiger partial charge is 0.399 e. The quantitative estimate of drug-likeness (QED) is 0.786. The number of carbonyl (C=O) groups excluding carboxylic acids is 2. The molecule has 3 N–H and O–H groups in total. The van der Waals surface area contributed by atoms with E-state index in [0.29, 0.717) is 19.5 Å². The van der Waals surface area contributed by atoms with E-state index in [1.54, 1.807) is 4.90 Å². The molecular weight excluding hydrogens is 316 g/mol. The Bertz CT molecular complexity index is 659. The molecule has 1 aromatic rings. The van der Waals surface area contributed by atoms with Crippen molar-refractivity contribution >= 4 is 17.5 Å². The number of anilines is 1. The zero-order valence-electron chi connectivity index (χ0n) is 15.1. The van der Waals surface area contributed by atoms with Crippen LogP contribution in [-0.4, -0.2) is 55.3 Å². The smallest absolute Gasteiger partial charge is 0.225 e. The van der Waals surface area contributed by atoms with E-state index < -0.39 is 0 Å². The molecule has 1 aromatic carbocycles. The van der Waals surface area contributed by atoms with Crippen molar-refractivity contribution in [3.8, 4) is 0 Å². The first kappa shape index (κ1) is 17.7. The number of hydrogen-bond donors (Lipinski definition) is 2. The molecule has 25 heavy (non-hydrogen) atoms. The van der Waals surface area contributed by atoms with E-state index in [9.17, 15) is 9.59 Å². The van der Waals surface area contributed by atoms with Gasteiger partial charge in [-0.05, 0) is 56.6 Å². The maximum absolute atomic E-state index is 12.7. The SMILES string of the molecule is CN(C)CCN1CC(C(=O)NC2CCCc3cc(N)ccc32)CC1=O. The maximum atomic E-state index is 12.7. The number of rotatable bonds is 5. The molecule has 6 nitrogen and oxygen atoms in total. The summed E-state index contributed by atoms with van der Waals surface area (Å²) < 4.78 is 0. The van der Waals surface area contributed by atoms with Crippen molar-refractivity contribution in [1.82, 2.24) is 15.1 Å². The average molecular weight is 344 g/mol. The number of carbonyl (C=O) groups is 2. The van der Waals surface area contributed by atoms with Gasteiger partial charge in [0.15, 0.2) is 0 Å². The summed E-state index contributed by atoms with van der Waals surface area (Å²) in [5.41, 5.74) is 9.04. The molecular formula is C19H28N4O2. The Labute approximate surface area is 149 Å². The van der Waals surface area contributed by atoms with Gasteiger partial charge in [-0.15, -0.1) is 0 Å². The van der Waals surface area contributed by atoms with Gasteiger partial charge in [0.2, 0.25) is 11.8 Å². The minimum absolute atomic E-state index is 0.00428. The van der Waals surface area contributed by atoms with Crippen LogP contribution in [0.25, 0.3) is 0 Å². The highest BCUT2D eigenvalue weighted by Gasteiger charge is 2.35. The zero-order chi connectivity index (χ0) is 18.0. The Balaban J connectivity index is 1.61. The molecule has 1 aliphatic carbocycles. The predicted molar refractivity (Wildman–Crippen MR) is 97.9 cm³/mol. The van der Waals surface area contributed by atoms with E-state index in [1.165, 1.54) is 11.1 Å². The lowest BCUT2D eigenvalue weighted by Gasteiger charge is -2.27. The number of nitrogens with one attached hydrogen (secondary N) is 1. The normalized spacial score (nSPS) is 23.0. The molecule has 0 aromatic heterocycles. The second-order valence-electron chi connectivity index (χ2n) is 7.46. The summed E-state index contributed by atoms with van der Waals surface area (Å²) >= 11 is 0. The number of hydrogen-bond acceptors (Lipinski definition) is 4. The van der Waals surface area contributed by atoms with Crippen molar-refractivity contribution in [2.24, 2.45) is 5.92 Å². The van der Waals surface area contributed by atoms with E-state index in [2.05, 4.69) is 5.32 Å². The van der Waals surface area contributed by atoms with E-state index >= 15 is 0 Å². The Morgan fingerprint density at radius 1 is 1.40 bits per heavy atom. The maximum Gasteiger partial charge on any atom is 0.225 e. The molecule has 0 saturated carbocycles. The molecule has 0 bridgehead atoms. The van der Waals surface area contributed by atoms with Crippen molar-refractivity contribution in [2.45, 2.75) is 31.7 Å². The summed E-state index contributed by atoms with van der Waals surface area (Å²) in [6.45, 7) is 2.03. The number of fused-ring (bicyclic) bond motifs is 1. The van der Waals surface area contributed by atoms with E-state index in [0.717, 1.165) is 31.5 Å². The fourth-order valence-corrected chi connectivity index (χ4v) is 3.76. The van der Waals surface area contributed by atoms with Gasteiger partial charge in [0.25, 0.3) is 0 Å². The van der Waals surface area contributed by atoms with Crippen molar-refractivity contribution < 1.29 is 9.59 Å². The van der Waals surface area contributed by atoms with Crippen molar-refractivity contribution in [2.75, 3.05) is 39.5 Å². The summed E-state index contributed by atoms with van der Waals surface area (Å²) in [7, 11) is 3.97. The monoisotopic (exact) mass is 344 g/mol. The fraction of sp³-hybridized carbons (Fsp3) is 0.579. The van der Waals surface area contributed by atoms with Gasteiger partial charge in [-0.3, -0.25) is 9.59 Å². The first-order valence-corrected chi connectivity index (χ1v) is 9.05. The average Bonchev–Trinajstić information content (AvgIpc) is 2.94. The van der Waals surface area contributed by atoms with Crippen LogP contribution in [0, 0.1) is 5.92 Å². The van der Waals surface area contributed by atoms with Gasteiger partial charge in [0, 0.05) is 31.7 Å². The van der Waals surface area contributed by atoms with Gasteiger partial charge in [-0.1, -0.05) is 6.07 Å². The van der Waals surface area contributed by atoms with Gasteiger partial charge in [0.1, 0.15) is 0 Å². The van der Waals surface area contributed by atoms with Gasteiger partial charge < -0.3 is 20.9 Å². The van der Waals surface area contributed by atoms with Crippen molar-refractivity contribution in [1.29, 1.82) is 0 Å². The highest BCUT2D eigenvalue weighted by Crippen LogP contribution is 2.31. The number of nitrogens with zero attached hydrogens (tertiary/aromatic N) is 2. The third-order valence-corrected chi connectivity index (χ3v) is 5.20. The lowest BCUT2D eigenvalue weighted by Crippen LogP contribution is -2.37. The van der Waals surface area contributed by atoms with E-state index in [-0.39, 0.29) is 23.8 Å². The molecule has 1 heterocycles. The number of aryl methyl sites for hydroxylation is 1. The van der Waals surface area contributed by atoms with Gasteiger partial charge in [0.05, 0.1) is 12.0 Å². The second kappa shape index (κ2) is 7.44. The van der Waals surface area contributed by atoms with Crippen LogP contribution in [0.15, 0.2) is 18.2 Å². The van der Waals surface area contributed by atoms with E-state index in [4.69, 9.17) is 5.73 Å². The summed E-state index contributed by atoms with van der Waals surface area (Å²) in [4.78, 5) is 28.7. The molecule has 0 spiro atoms. The summed E-state index contributed by atoms with van der Waals surface area (Å²) in [5, 5.41) is 3.17. The number of amides is 2. The Morgan fingerprint density at radius 3 is 2.96 bits per heavy atom. The number of nitrogens with two attached hydrogens (primary N) is 1. The predicted octanol–water partition coefficient (Wildman–Crippen LogP) is 1.17. The summed E-state index contributed by atoms with van der Waals surface area (Å²) in [5.74, 6) is -0.164. The minimum atomic E-state index is -0.242. The standard InChI is InChI=1S/C19H28N4O2/c1-22(2)8-9-23-12-14(11-18(23)24)19(25)21-17-5-3-4-13-10-15(20)6-7-16(13)17/h6-7,10,14,17H,3-5,8-9,11-12,20H2,1-2H3,(H,21,25). The van der Waals surface area contributed by atoms with Crippen molar-refractivity contribution in [3.05, 3.63) is 29.3 Å². The fourth-order valence-electron chi connectivity index (χ4n) is 3.76. The highest BCUT2D eigenvalue weighted by molar-refractivity contribution is 5.89. The van der Waals surface area contributed by atoms with Crippen LogP contribution in [0.1, 0.15) is 36.4 Å². The lowest BCUT2D eigenvalue weighted by molar-refractivity contribution is -0.129. The zero-order valence-corrected chi connectivity index (χ0v) is 15.1. The molecule has 2 aliphatic rings. The second-order valence-corrected chi connectivity index (χ2v) is 7.46. The molecule has 136 valence electrons. The van der Waals surface area contributed by atoms with Crippen LogP contribution in [0.2, 0.25) is 0 Å². The van der Waals surface area contributed by atoms with Gasteiger partial charge in [-0.2, -0.15) is 0 Å². The first-order valence-electron chi connectivity index (χ1n) is 9.05. The molecule has 1 saturated heterocycles. The number of benzene rings is 1. The van der Waals surface area contributed by atoms with Gasteiger partial charge >= 0.3 is 0 Å². The molecule has 1 aliphatic heterocycles. The van der Waals surface area contributed by atoms with Crippen LogP contribution in [0.4, 0.5) is 5.69 Å². The Hall–Kier alpha value is -2.08. The van der Waals surface area contributed by atoms with Crippen LogP contribution in [0.3, 0.4) is 0 Å². The number of nitrogen functional groups attached to an aromatic ring is 1. The lowest BCUT2D eigenvalue weighted by atomic mass is 9.87.